The zero-order valence-electron chi connectivity index (χ0n) is 15.3. The van der Waals surface area contributed by atoms with Gasteiger partial charge in [0.1, 0.15) is 11.4 Å². The average Bonchev–Trinajstić information content (AvgIpc) is 3.06. The fourth-order valence-electron chi connectivity index (χ4n) is 4.07. The molecule has 3 heterocycles. The van der Waals surface area contributed by atoms with Gasteiger partial charge in [-0.05, 0) is 50.7 Å². The molecule has 0 radical (unpaired) electrons. The van der Waals surface area contributed by atoms with Gasteiger partial charge in [0.2, 0.25) is 0 Å². The molecule has 1 aliphatic heterocycles. The smallest absolute Gasteiger partial charge is 0.260 e. The Morgan fingerprint density at radius 1 is 1.27 bits per heavy atom. The summed E-state index contributed by atoms with van der Waals surface area (Å²) in [6.07, 6.45) is 9.88. The molecule has 0 unspecified atom stereocenters. The molecule has 2 aromatic heterocycles. The Morgan fingerprint density at radius 3 is 2.85 bits per heavy atom. The maximum absolute atomic E-state index is 12.8. The van der Waals surface area contributed by atoms with Gasteiger partial charge in [-0.3, -0.25) is 9.59 Å². The minimum atomic E-state index is -0.302. The van der Waals surface area contributed by atoms with Gasteiger partial charge in [0.15, 0.2) is 0 Å². The van der Waals surface area contributed by atoms with E-state index in [0.29, 0.717) is 13.1 Å². The lowest BCUT2D eigenvalue weighted by molar-refractivity contribution is 0.0700. The van der Waals surface area contributed by atoms with Gasteiger partial charge < -0.3 is 14.5 Å². The molecule has 1 saturated heterocycles. The molecule has 0 spiro atoms. The van der Waals surface area contributed by atoms with Crippen molar-refractivity contribution in [3.8, 4) is 0 Å². The minimum absolute atomic E-state index is 0.173. The lowest BCUT2D eigenvalue weighted by atomic mass is 9.85. The number of amides is 1. The fourth-order valence-corrected chi connectivity index (χ4v) is 4.07. The van der Waals surface area contributed by atoms with Crippen molar-refractivity contribution in [1.82, 2.24) is 19.4 Å². The topological polar surface area (TPSA) is 71.0 Å². The molecule has 2 fully saturated rings. The van der Waals surface area contributed by atoms with E-state index < -0.39 is 0 Å². The van der Waals surface area contributed by atoms with Crippen molar-refractivity contribution >= 4 is 5.91 Å². The van der Waals surface area contributed by atoms with Crippen LogP contribution in [-0.4, -0.2) is 38.4 Å². The predicted molar refractivity (Wildman–Crippen MR) is 99.2 cm³/mol. The molecule has 26 heavy (non-hydrogen) atoms. The molecule has 2 aromatic rings. The zero-order valence-corrected chi connectivity index (χ0v) is 15.3. The molecule has 4 rings (SSSR count). The number of rotatable bonds is 4. The standard InChI is InChI=1S/C20H26N4O2/c1-14-7-8-17(19(25)22-14)20(26)24-10-3-6-16(13-24)18-21-9-11-23(18)12-15-4-2-5-15/h7-9,11,15-16H,2-6,10,12-13H2,1H3,(H,22,25)/t16-/m0/s1. The molecule has 2 aliphatic rings. The highest BCUT2D eigenvalue weighted by molar-refractivity contribution is 5.93. The molecule has 0 bridgehead atoms. The highest BCUT2D eigenvalue weighted by Crippen LogP contribution is 2.31. The van der Waals surface area contributed by atoms with Crippen LogP contribution in [0.1, 0.15) is 59.9 Å². The second kappa shape index (κ2) is 7.09. The van der Waals surface area contributed by atoms with Crippen molar-refractivity contribution in [3.63, 3.8) is 0 Å². The van der Waals surface area contributed by atoms with Gasteiger partial charge in [-0.1, -0.05) is 6.42 Å². The Labute approximate surface area is 153 Å². The minimum Gasteiger partial charge on any atom is -0.338 e. The van der Waals surface area contributed by atoms with Crippen molar-refractivity contribution in [3.05, 3.63) is 52.0 Å². The largest absolute Gasteiger partial charge is 0.338 e. The first-order chi connectivity index (χ1) is 12.6. The summed E-state index contributed by atoms with van der Waals surface area (Å²) in [5.41, 5.74) is 0.693. The number of H-pyrrole nitrogens is 1. The molecular formula is C20H26N4O2. The summed E-state index contributed by atoms with van der Waals surface area (Å²) in [5, 5.41) is 0. The second-order valence-corrected chi connectivity index (χ2v) is 7.71. The number of carbonyl (C=O) groups is 1. The van der Waals surface area contributed by atoms with E-state index >= 15 is 0 Å². The van der Waals surface area contributed by atoms with Crippen LogP contribution in [0.5, 0.6) is 0 Å². The number of likely N-dealkylation sites (tertiary alicyclic amines) is 1. The highest BCUT2D eigenvalue weighted by Gasteiger charge is 2.29. The van der Waals surface area contributed by atoms with Crippen LogP contribution in [0.25, 0.3) is 0 Å². The molecule has 6 nitrogen and oxygen atoms in total. The summed E-state index contributed by atoms with van der Waals surface area (Å²) >= 11 is 0. The number of aryl methyl sites for hydroxylation is 1. The first-order valence-corrected chi connectivity index (χ1v) is 9.62. The van der Waals surface area contributed by atoms with Crippen molar-refractivity contribution in [2.75, 3.05) is 13.1 Å². The van der Waals surface area contributed by atoms with Gasteiger partial charge >= 0.3 is 0 Å². The quantitative estimate of drug-likeness (QED) is 0.918. The summed E-state index contributed by atoms with van der Waals surface area (Å²) in [5.74, 6) is 1.93. The first kappa shape index (κ1) is 17.1. The van der Waals surface area contributed by atoms with Crippen molar-refractivity contribution in [2.45, 2.75) is 51.5 Å². The highest BCUT2D eigenvalue weighted by atomic mass is 16.2. The maximum atomic E-state index is 12.8. The molecule has 138 valence electrons. The van der Waals surface area contributed by atoms with Crippen LogP contribution in [0.3, 0.4) is 0 Å². The number of piperidine rings is 1. The van der Waals surface area contributed by atoms with E-state index in [0.717, 1.165) is 36.8 Å². The van der Waals surface area contributed by atoms with Gasteiger partial charge in [0.05, 0.1) is 0 Å². The van der Waals surface area contributed by atoms with E-state index in [9.17, 15) is 9.59 Å². The van der Waals surface area contributed by atoms with Gasteiger partial charge in [-0.2, -0.15) is 0 Å². The molecular weight excluding hydrogens is 328 g/mol. The van der Waals surface area contributed by atoms with Crippen molar-refractivity contribution in [2.24, 2.45) is 5.92 Å². The Hall–Kier alpha value is -2.37. The molecule has 1 saturated carbocycles. The lowest BCUT2D eigenvalue weighted by Gasteiger charge is -2.33. The summed E-state index contributed by atoms with van der Waals surface area (Å²) in [7, 11) is 0. The lowest BCUT2D eigenvalue weighted by Crippen LogP contribution is -2.41. The SMILES string of the molecule is Cc1ccc(C(=O)N2CCC[C@H](c3nccn3CC3CCC3)C2)c(=O)[nH]1. The van der Waals surface area contributed by atoms with Crippen LogP contribution in [-0.2, 0) is 6.54 Å². The number of nitrogens with one attached hydrogen (secondary N) is 1. The van der Waals surface area contributed by atoms with Gasteiger partial charge in [-0.25, -0.2) is 4.98 Å². The third-order valence-corrected chi connectivity index (χ3v) is 5.79. The van der Waals surface area contributed by atoms with E-state index in [1.54, 1.807) is 12.1 Å². The van der Waals surface area contributed by atoms with Crippen LogP contribution in [0.2, 0.25) is 0 Å². The number of imidazole rings is 1. The van der Waals surface area contributed by atoms with E-state index in [2.05, 4.69) is 20.7 Å². The van der Waals surface area contributed by atoms with Gasteiger partial charge in [-0.15, -0.1) is 0 Å². The Kier molecular flexibility index (Phi) is 4.66. The molecule has 1 aliphatic carbocycles. The molecule has 1 N–H and O–H groups in total. The van der Waals surface area contributed by atoms with E-state index in [4.69, 9.17) is 0 Å². The molecule has 1 atom stereocenters. The van der Waals surface area contributed by atoms with E-state index in [-0.39, 0.29) is 22.9 Å². The first-order valence-electron chi connectivity index (χ1n) is 9.62. The third kappa shape index (κ3) is 3.32. The summed E-state index contributed by atoms with van der Waals surface area (Å²) in [6, 6.07) is 3.42. The van der Waals surface area contributed by atoms with Crippen LogP contribution in [0.4, 0.5) is 0 Å². The number of aromatic nitrogens is 3. The summed E-state index contributed by atoms with van der Waals surface area (Å²) < 4.78 is 2.28. The number of hydrogen-bond acceptors (Lipinski definition) is 3. The van der Waals surface area contributed by atoms with E-state index in [1.807, 2.05) is 18.0 Å². The number of carbonyl (C=O) groups excluding carboxylic acids is 1. The Balaban J connectivity index is 1.50. The zero-order chi connectivity index (χ0) is 18.1. The monoisotopic (exact) mass is 354 g/mol. The van der Waals surface area contributed by atoms with Crippen LogP contribution < -0.4 is 5.56 Å². The van der Waals surface area contributed by atoms with Crippen LogP contribution in [0, 0.1) is 12.8 Å². The maximum Gasteiger partial charge on any atom is 0.260 e. The summed E-state index contributed by atoms with van der Waals surface area (Å²) in [4.78, 5) is 34.1. The summed E-state index contributed by atoms with van der Waals surface area (Å²) in [6.45, 7) is 4.19. The average molecular weight is 354 g/mol. The number of nitrogens with zero attached hydrogens (tertiary/aromatic N) is 3. The van der Waals surface area contributed by atoms with E-state index in [1.165, 1.54) is 19.3 Å². The molecule has 6 heteroatoms. The van der Waals surface area contributed by atoms with Crippen molar-refractivity contribution < 1.29 is 4.79 Å². The number of pyridine rings is 1. The van der Waals surface area contributed by atoms with Crippen molar-refractivity contribution in [1.29, 1.82) is 0 Å². The Bertz CT molecular complexity index is 849. The van der Waals surface area contributed by atoms with Crippen LogP contribution >= 0.6 is 0 Å². The van der Waals surface area contributed by atoms with Gasteiger partial charge in [0.25, 0.3) is 11.5 Å². The molecule has 0 aromatic carbocycles. The van der Waals surface area contributed by atoms with Gasteiger partial charge in [0, 0.05) is 43.6 Å². The normalized spacial score (nSPS) is 20.8. The Morgan fingerprint density at radius 2 is 2.12 bits per heavy atom. The molecule has 1 amide bonds. The fraction of sp³-hybridized carbons (Fsp3) is 0.550. The predicted octanol–water partition coefficient (Wildman–Crippen LogP) is 2.70. The number of hydrogen-bond donors (Lipinski definition) is 1. The second-order valence-electron chi connectivity index (χ2n) is 7.71. The van der Waals surface area contributed by atoms with Crippen LogP contribution in [0.15, 0.2) is 29.3 Å². The third-order valence-electron chi connectivity index (χ3n) is 5.79. The number of aromatic amines is 1.